The molecule has 2 rings (SSSR count). The molecule has 0 bridgehead atoms. The van der Waals surface area contributed by atoms with Crippen LogP contribution in [0.15, 0.2) is 54.6 Å². The predicted molar refractivity (Wildman–Crippen MR) is 82.9 cm³/mol. The summed E-state index contributed by atoms with van der Waals surface area (Å²) in [5.41, 5.74) is 0.190. The van der Waals surface area contributed by atoms with Crippen LogP contribution in [-0.2, 0) is 14.5 Å². The molecule has 2 aromatic carbocycles. The zero-order chi connectivity index (χ0) is 18.1. The number of nitrogens with zero attached hydrogens (tertiary/aromatic N) is 1. The molecule has 25 heavy (non-hydrogen) atoms. The second kappa shape index (κ2) is 8.99. The second-order valence-corrected chi connectivity index (χ2v) is 4.51. The topological polar surface area (TPSA) is 114 Å². The Kier molecular flexibility index (Phi) is 6.43. The monoisotopic (exact) mass is 347 g/mol. The minimum absolute atomic E-state index is 0.0898. The second-order valence-electron chi connectivity index (χ2n) is 4.51. The van der Waals surface area contributed by atoms with Crippen molar-refractivity contribution in [3.63, 3.8) is 0 Å². The first-order chi connectivity index (χ1) is 12.1. The van der Waals surface area contributed by atoms with E-state index in [0.29, 0.717) is 5.56 Å². The van der Waals surface area contributed by atoms with Crippen molar-refractivity contribution in [2.75, 3.05) is 13.2 Å². The molecule has 0 fully saturated rings. The minimum Gasteiger partial charge on any atom is -0.431 e. The van der Waals surface area contributed by atoms with Crippen molar-refractivity contribution in [3.05, 3.63) is 70.3 Å². The Morgan fingerprint density at radius 2 is 1.64 bits per heavy atom. The first-order valence-corrected chi connectivity index (χ1v) is 7.04. The highest BCUT2D eigenvalue weighted by atomic mass is 17.2. The molecule has 0 saturated heterocycles. The highest BCUT2D eigenvalue weighted by molar-refractivity contribution is 5.88. The summed E-state index contributed by atoms with van der Waals surface area (Å²) in [5, 5.41) is 10.5. The van der Waals surface area contributed by atoms with Crippen LogP contribution in [0.25, 0.3) is 0 Å². The molecule has 0 heterocycles. The van der Waals surface area contributed by atoms with Crippen LogP contribution in [-0.4, -0.2) is 30.3 Å². The third kappa shape index (κ3) is 5.92. The summed E-state index contributed by atoms with van der Waals surface area (Å²) in [6.45, 7) is -0.401. The van der Waals surface area contributed by atoms with E-state index >= 15 is 0 Å². The molecule has 0 N–H and O–H groups in total. The fourth-order valence-corrected chi connectivity index (χ4v) is 1.64. The maximum Gasteiger partial charge on any atom is 0.513 e. The van der Waals surface area contributed by atoms with Crippen molar-refractivity contribution in [2.45, 2.75) is 0 Å². The van der Waals surface area contributed by atoms with Gasteiger partial charge in [-0.25, -0.2) is 9.59 Å². The fourth-order valence-electron chi connectivity index (χ4n) is 1.64. The van der Waals surface area contributed by atoms with E-state index in [9.17, 15) is 19.7 Å². The van der Waals surface area contributed by atoms with E-state index in [1.165, 1.54) is 24.3 Å². The molecule has 0 aliphatic rings. The van der Waals surface area contributed by atoms with Crippen LogP contribution in [0, 0.1) is 10.1 Å². The van der Waals surface area contributed by atoms with Crippen LogP contribution in [0.1, 0.15) is 10.4 Å². The van der Waals surface area contributed by atoms with Crippen molar-refractivity contribution < 1.29 is 33.8 Å². The summed E-state index contributed by atoms with van der Waals surface area (Å²) in [6.07, 6.45) is -1.02. The van der Waals surface area contributed by atoms with E-state index in [1.54, 1.807) is 30.3 Å². The molecule has 0 unspecified atom stereocenters. The summed E-state index contributed by atoms with van der Waals surface area (Å²) in [4.78, 5) is 42.0. The Bertz CT molecular complexity index is 730. The number of ether oxygens (including phenoxy) is 2. The average molecular weight is 347 g/mol. The molecule has 0 aliphatic heterocycles. The quantitative estimate of drug-likeness (QED) is 0.187. The summed E-state index contributed by atoms with van der Waals surface area (Å²) in [5.74, 6) is -0.582. The van der Waals surface area contributed by atoms with Gasteiger partial charge in [0.05, 0.1) is 10.5 Å². The van der Waals surface area contributed by atoms with Gasteiger partial charge in [0.1, 0.15) is 19.0 Å². The Morgan fingerprint density at radius 3 is 2.28 bits per heavy atom. The van der Waals surface area contributed by atoms with Crippen molar-refractivity contribution in [2.24, 2.45) is 0 Å². The maximum absolute atomic E-state index is 11.5. The Morgan fingerprint density at radius 1 is 0.960 bits per heavy atom. The third-order valence-corrected chi connectivity index (χ3v) is 2.78. The number of nitro groups is 1. The van der Waals surface area contributed by atoms with Crippen LogP contribution < -0.4 is 4.74 Å². The lowest BCUT2D eigenvalue weighted by Crippen LogP contribution is -2.15. The molecule has 0 aliphatic carbocycles. The number of nitro benzene ring substituents is 1. The van der Waals surface area contributed by atoms with Gasteiger partial charge in [0, 0.05) is 12.1 Å². The Hall–Kier alpha value is -3.46. The van der Waals surface area contributed by atoms with Crippen molar-refractivity contribution in [3.8, 4) is 5.75 Å². The smallest absolute Gasteiger partial charge is 0.431 e. The van der Waals surface area contributed by atoms with Gasteiger partial charge in [0.25, 0.3) is 5.69 Å². The van der Waals surface area contributed by atoms with Gasteiger partial charge in [-0.05, 0) is 24.3 Å². The molecule has 0 amide bonds. The molecule has 2 aromatic rings. The summed E-state index contributed by atoms with van der Waals surface area (Å²) >= 11 is 0. The number of carbonyl (C=O) groups excluding carboxylic acids is 2. The third-order valence-electron chi connectivity index (χ3n) is 2.78. The van der Waals surface area contributed by atoms with Crippen molar-refractivity contribution >= 4 is 17.8 Å². The van der Waals surface area contributed by atoms with E-state index in [4.69, 9.17) is 9.47 Å². The molecule has 0 saturated carbocycles. The van der Waals surface area contributed by atoms with Gasteiger partial charge >= 0.3 is 12.1 Å². The van der Waals surface area contributed by atoms with E-state index in [2.05, 4.69) is 9.78 Å². The zero-order valence-electron chi connectivity index (χ0n) is 12.8. The number of hydrogen-bond acceptors (Lipinski definition) is 8. The SMILES string of the molecule is O=C(OCCOOC(=O)c1ccccc1)Oc1ccc([N+](=O)[O-])cc1. The molecular weight excluding hydrogens is 334 g/mol. The number of benzene rings is 2. The molecule has 0 aromatic heterocycles. The summed E-state index contributed by atoms with van der Waals surface area (Å²) < 4.78 is 9.50. The lowest BCUT2D eigenvalue weighted by molar-refractivity contribution is -0.384. The molecule has 0 spiro atoms. The van der Waals surface area contributed by atoms with Crippen molar-refractivity contribution in [1.29, 1.82) is 0 Å². The van der Waals surface area contributed by atoms with Gasteiger partial charge in [0.2, 0.25) is 0 Å². The molecule has 0 radical (unpaired) electrons. The Balaban J connectivity index is 1.64. The zero-order valence-corrected chi connectivity index (χ0v) is 12.8. The summed E-state index contributed by atoms with van der Waals surface area (Å²) in [6, 6.07) is 13.1. The highest BCUT2D eigenvalue weighted by Gasteiger charge is 2.10. The maximum atomic E-state index is 11.5. The summed E-state index contributed by atoms with van der Waals surface area (Å²) in [7, 11) is 0. The van der Waals surface area contributed by atoms with E-state index in [0.717, 1.165) is 0 Å². The van der Waals surface area contributed by atoms with E-state index in [-0.39, 0.29) is 24.7 Å². The van der Waals surface area contributed by atoms with Gasteiger partial charge in [-0.15, -0.1) is 0 Å². The lowest BCUT2D eigenvalue weighted by atomic mass is 10.2. The van der Waals surface area contributed by atoms with Gasteiger partial charge in [-0.3, -0.25) is 15.0 Å². The van der Waals surface area contributed by atoms with E-state index in [1.807, 2.05) is 0 Å². The van der Waals surface area contributed by atoms with Crippen molar-refractivity contribution in [1.82, 2.24) is 0 Å². The molecule has 9 heteroatoms. The van der Waals surface area contributed by atoms with Crippen LogP contribution >= 0.6 is 0 Å². The normalized spacial score (nSPS) is 9.92. The molecule has 130 valence electrons. The Labute approximate surface area is 141 Å². The fraction of sp³-hybridized carbons (Fsp3) is 0.125. The van der Waals surface area contributed by atoms with Gasteiger partial charge in [-0.2, -0.15) is 4.89 Å². The molecular formula is C16H13NO8. The number of non-ortho nitro benzene ring substituents is 1. The van der Waals surface area contributed by atoms with E-state index < -0.39 is 17.0 Å². The van der Waals surface area contributed by atoms with Crippen LogP contribution in [0.4, 0.5) is 10.5 Å². The molecule has 9 nitrogen and oxygen atoms in total. The van der Waals surface area contributed by atoms with Crippen LogP contribution in [0.5, 0.6) is 5.75 Å². The van der Waals surface area contributed by atoms with Gasteiger partial charge in [0.15, 0.2) is 0 Å². The number of carbonyl (C=O) groups is 2. The average Bonchev–Trinajstić information content (AvgIpc) is 2.62. The molecule has 0 atom stereocenters. The first kappa shape index (κ1) is 17.9. The largest absolute Gasteiger partial charge is 0.513 e. The van der Waals surface area contributed by atoms with Crippen LogP contribution in [0.2, 0.25) is 0 Å². The van der Waals surface area contributed by atoms with Crippen LogP contribution in [0.3, 0.4) is 0 Å². The number of rotatable bonds is 7. The lowest BCUT2D eigenvalue weighted by Gasteiger charge is -2.06. The van der Waals surface area contributed by atoms with Gasteiger partial charge in [-0.1, -0.05) is 18.2 Å². The number of hydrogen-bond donors (Lipinski definition) is 0. The minimum atomic E-state index is -1.02. The highest BCUT2D eigenvalue weighted by Crippen LogP contribution is 2.17. The first-order valence-electron chi connectivity index (χ1n) is 7.04. The predicted octanol–water partition coefficient (Wildman–Crippen LogP) is 2.90. The van der Waals surface area contributed by atoms with Gasteiger partial charge < -0.3 is 9.47 Å². The standard InChI is InChI=1S/C16H13NO8/c18-15(12-4-2-1-3-5-12)25-23-11-10-22-16(19)24-14-8-6-13(7-9-14)17(20)21/h1-9H,10-11H2.